The first kappa shape index (κ1) is 18.0. The standard InChI is InChI=1S/C18H24N2O4/c1-18(2,3)24-16(21)7-5-13-4-6-15(19-12-13)20-10-8-14(9-11-20)17(22)23/h4-7,12,14H,8-11H2,1-3H3,(H,22,23). The third-order valence-electron chi connectivity index (χ3n) is 3.76. The van der Waals surface area contributed by atoms with Crippen LogP contribution in [0.2, 0.25) is 0 Å². The Balaban J connectivity index is 1.92. The largest absolute Gasteiger partial charge is 0.481 e. The molecule has 1 fully saturated rings. The quantitative estimate of drug-likeness (QED) is 0.674. The molecule has 1 aromatic heterocycles. The predicted molar refractivity (Wildman–Crippen MR) is 91.7 cm³/mol. The number of hydrogen-bond donors (Lipinski definition) is 1. The summed E-state index contributed by atoms with van der Waals surface area (Å²) < 4.78 is 5.21. The van der Waals surface area contributed by atoms with E-state index in [0.717, 1.165) is 11.4 Å². The normalized spacial score (nSPS) is 16.4. The molecule has 1 aliphatic rings. The summed E-state index contributed by atoms with van der Waals surface area (Å²) in [4.78, 5) is 29.1. The zero-order valence-electron chi connectivity index (χ0n) is 14.4. The van der Waals surface area contributed by atoms with Gasteiger partial charge in [-0.15, -0.1) is 0 Å². The van der Waals surface area contributed by atoms with E-state index in [9.17, 15) is 9.59 Å². The lowest BCUT2D eigenvalue weighted by molar-refractivity contribution is -0.148. The average Bonchev–Trinajstić information content (AvgIpc) is 2.52. The Labute approximate surface area is 142 Å². The Morgan fingerprint density at radius 1 is 1.29 bits per heavy atom. The lowest BCUT2D eigenvalue weighted by Crippen LogP contribution is -2.36. The number of aliphatic carboxylic acids is 1. The molecule has 2 rings (SSSR count). The van der Waals surface area contributed by atoms with Crippen LogP contribution in [0.25, 0.3) is 6.08 Å². The van der Waals surface area contributed by atoms with Crippen molar-refractivity contribution in [2.45, 2.75) is 39.2 Å². The number of anilines is 1. The minimum Gasteiger partial charge on any atom is -0.481 e. The van der Waals surface area contributed by atoms with Gasteiger partial charge in [0.05, 0.1) is 5.92 Å². The molecular formula is C18H24N2O4. The summed E-state index contributed by atoms with van der Waals surface area (Å²) in [7, 11) is 0. The van der Waals surface area contributed by atoms with Gasteiger partial charge < -0.3 is 14.7 Å². The molecule has 1 saturated heterocycles. The van der Waals surface area contributed by atoms with Crippen LogP contribution in [0.15, 0.2) is 24.4 Å². The monoisotopic (exact) mass is 332 g/mol. The Kier molecular flexibility index (Phi) is 5.59. The summed E-state index contributed by atoms with van der Waals surface area (Å²) in [5, 5.41) is 9.03. The van der Waals surface area contributed by atoms with Crippen LogP contribution in [-0.2, 0) is 14.3 Å². The molecule has 1 aliphatic heterocycles. The van der Waals surface area contributed by atoms with E-state index in [-0.39, 0.29) is 11.9 Å². The predicted octanol–water partition coefficient (Wildman–Crippen LogP) is 2.74. The van der Waals surface area contributed by atoms with Crippen LogP contribution in [0, 0.1) is 5.92 Å². The van der Waals surface area contributed by atoms with Gasteiger partial charge in [0.15, 0.2) is 0 Å². The smallest absolute Gasteiger partial charge is 0.331 e. The van der Waals surface area contributed by atoms with Crippen LogP contribution >= 0.6 is 0 Å². The number of hydrogen-bond acceptors (Lipinski definition) is 5. The number of pyridine rings is 1. The number of nitrogens with zero attached hydrogens (tertiary/aromatic N) is 2. The molecule has 130 valence electrons. The molecule has 6 nitrogen and oxygen atoms in total. The summed E-state index contributed by atoms with van der Waals surface area (Å²) in [6.45, 7) is 6.85. The van der Waals surface area contributed by atoms with Gasteiger partial charge >= 0.3 is 11.9 Å². The topological polar surface area (TPSA) is 79.7 Å². The molecule has 0 unspecified atom stereocenters. The van der Waals surface area contributed by atoms with Gasteiger partial charge in [-0.25, -0.2) is 9.78 Å². The van der Waals surface area contributed by atoms with Crippen LogP contribution in [0.4, 0.5) is 5.82 Å². The molecule has 0 spiro atoms. The molecule has 0 aliphatic carbocycles. The van der Waals surface area contributed by atoms with Gasteiger partial charge in [0, 0.05) is 25.4 Å². The Bertz CT molecular complexity index is 609. The third kappa shape index (κ3) is 5.37. The minimum atomic E-state index is -0.717. The van der Waals surface area contributed by atoms with E-state index in [1.807, 2.05) is 32.9 Å². The van der Waals surface area contributed by atoms with Crippen molar-refractivity contribution in [3.8, 4) is 0 Å². The van der Waals surface area contributed by atoms with Crippen molar-refractivity contribution in [1.29, 1.82) is 0 Å². The lowest BCUT2D eigenvalue weighted by atomic mass is 9.97. The van der Waals surface area contributed by atoms with Crippen molar-refractivity contribution in [3.63, 3.8) is 0 Å². The van der Waals surface area contributed by atoms with Crippen molar-refractivity contribution in [3.05, 3.63) is 30.0 Å². The molecular weight excluding hydrogens is 308 g/mol. The number of carbonyl (C=O) groups excluding carboxylic acids is 1. The average molecular weight is 332 g/mol. The molecule has 2 heterocycles. The molecule has 0 amide bonds. The highest BCUT2D eigenvalue weighted by Gasteiger charge is 2.24. The first-order valence-corrected chi connectivity index (χ1v) is 8.09. The number of piperidine rings is 1. The Hall–Kier alpha value is -2.37. The summed E-state index contributed by atoms with van der Waals surface area (Å²) >= 11 is 0. The van der Waals surface area contributed by atoms with Crippen LogP contribution < -0.4 is 4.90 Å². The van der Waals surface area contributed by atoms with E-state index >= 15 is 0 Å². The molecule has 0 atom stereocenters. The minimum absolute atomic E-state index is 0.253. The number of ether oxygens (including phenoxy) is 1. The van der Waals surface area contributed by atoms with Gasteiger partial charge in [-0.2, -0.15) is 0 Å². The maximum absolute atomic E-state index is 11.6. The van der Waals surface area contributed by atoms with Gasteiger partial charge in [-0.3, -0.25) is 4.79 Å². The summed E-state index contributed by atoms with van der Waals surface area (Å²) in [6, 6.07) is 3.77. The first-order valence-electron chi connectivity index (χ1n) is 8.09. The van der Waals surface area contributed by atoms with E-state index < -0.39 is 11.6 Å². The molecule has 24 heavy (non-hydrogen) atoms. The fourth-order valence-corrected chi connectivity index (χ4v) is 2.54. The van der Waals surface area contributed by atoms with Gasteiger partial charge in [0.1, 0.15) is 11.4 Å². The van der Waals surface area contributed by atoms with Crippen LogP contribution in [0.5, 0.6) is 0 Å². The van der Waals surface area contributed by atoms with Crippen molar-refractivity contribution in [2.24, 2.45) is 5.92 Å². The van der Waals surface area contributed by atoms with E-state index in [1.54, 1.807) is 12.3 Å². The number of esters is 1. The first-order chi connectivity index (χ1) is 11.2. The fraction of sp³-hybridized carbons (Fsp3) is 0.500. The Morgan fingerprint density at radius 2 is 1.96 bits per heavy atom. The SMILES string of the molecule is CC(C)(C)OC(=O)C=Cc1ccc(N2CCC(C(=O)O)CC2)nc1. The number of carboxylic acids is 1. The second-order valence-corrected chi connectivity index (χ2v) is 6.92. The highest BCUT2D eigenvalue weighted by Crippen LogP contribution is 2.22. The molecule has 0 aromatic carbocycles. The van der Waals surface area contributed by atoms with Crippen LogP contribution in [0.1, 0.15) is 39.2 Å². The van der Waals surface area contributed by atoms with Crippen molar-refractivity contribution >= 4 is 23.8 Å². The maximum Gasteiger partial charge on any atom is 0.331 e. The van der Waals surface area contributed by atoms with Gasteiger partial charge in [0.25, 0.3) is 0 Å². The lowest BCUT2D eigenvalue weighted by Gasteiger charge is -2.30. The molecule has 0 radical (unpaired) electrons. The fourth-order valence-electron chi connectivity index (χ4n) is 2.54. The number of carboxylic acid groups (broad SMARTS) is 1. The molecule has 1 N–H and O–H groups in total. The zero-order valence-corrected chi connectivity index (χ0v) is 14.4. The molecule has 1 aromatic rings. The van der Waals surface area contributed by atoms with Gasteiger partial charge in [-0.1, -0.05) is 0 Å². The van der Waals surface area contributed by atoms with E-state index in [0.29, 0.717) is 25.9 Å². The highest BCUT2D eigenvalue weighted by molar-refractivity contribution is 5.87. The van der Waals surface area contributed by atoms with Crippen LogP contribution in [-0.4, -0.2) is 40.7 Å². The van der Waals surface area contributed by atoms with Crippen molar-refractivity contribution in [1.82, 2.24) is 4.98 Å². The highest BCUT2D eigenvalue weighted by atomic mass is 16.6. The summed E-state index contributed by atoms with van der Waals surface area (Å²) in [5.41, 5.74) is 0.302. The Morgan fingerprint density at radius 3 is 2.46 bits per heavy atom. The summed E-state index contributed by atoms with van der Waals surface area (Å²) in [5.74, 6) is -0.530. The molecule has 0 bridgehead atoms. The zero-order chi connectivity index (χ0) is 17.7. The van der Waals surface area contributed by atoms with Crippen molar-refractivity contribution in [2.75, 3.05) is 18.0 Å². The van der Waals surface area contributed by atoms with Gasteiger partial charge in [-0.05, 0) is 57.4 Å². The second kappa shape index (κ2) is 7.47. The second-order valence-electron chi connectivity index (χ2n) is 6.92. The molecule has 6 heteroatoms. The van der Waals surface area contributed by atoms with E-state index in [1.165, 1.54) is 6.08 Å². The number of aromatic nitrogens is 1. The van der Waals surface area contributed by atoms with E-state index in [2.05, 4.69) is 9.88 Å². The van der Waals surface area contributed by atoms with Crippen molar-refractivity contribution < 1.29 is 19.4 Å². The maximum atomic E-state index is 11.6. The summed E-state index contributed by atoms with van der Waals surface area (Å²) in [6.07, 6.45) is 6.02. The van der Waals surface area contributed by atoms with Gasteiger partial charge in [0.2, 0.25) is 0 Å². The molecule has 0 saturated carbocycles. The van der Waals surface area contributed by atoms with E-state index in [4.69, 9.17) is 9.84 Å². The number of carbonyl (C=O) groups is 2. The number of rotatable bonds is 4. The third-order valence-corrected chi connectivity index (χ3v) is 3.76. The van der Waals surface area contributed by atoms with Crippen LogP contribution in [0.3, 0.4) is 0 Å².